The highest BCUT2D eigenvalue weighted by molar-refractivity contribution is 7.90. The van der Waals surface area contributed by atoms with Gasteiger partial charge in [-0.3, -0.25) is 9.59 Å². The summed E-state index contributed by atoms with van der Waals surface area (Å²) in [5, 5.41) is 10.3. The molecule has 0 fully saturated rings. The lowest BCUT2D eigenvalue weighted by Gasteiger charge is -2.03. The molecule has 2 N–H and O–H groups in total. The zero-order chi connectivity index (χ0) is 13.8. The summed E-state index contributed by atoms with van der Waals surface area (Å²) in [6, 6.07) is 0. The minimum Gasteiger partial charge on any atom is -0.481 e. The van der Waals surface area contributed by atoms with E-state index in [1.54, 1.807) is 0 Å². The molecule has 0 aromatic carbocycles. The first-order valence-corrected chi connectivity index (χ1v) is 6.72. The smallest absolute Gasteiger partial charge is 0.305 e. The van der Waals surface area contributed by atoms with E-state index in [1.165, 1.54) is 0 Å². The third kappa shape index (κ3) is 4.09. The van der Waals surface area contributed by atoms with Crippen LogP contribution in [0.2, 0.25) is 0 Å². The number of carbonyl (C=O) groups is 2. The van der Waals surface area contributed by atoms with Gasteiger partial charge in [0, 0.05) is 25.2 Å². The molecule has 0 radical (unpaired) electrons. The van der Waals surface area contributed by atoms with E-state index >= 15 is 0 Å². The van der Waals surface area contributed by atoms with Crippen molar-refractivity contribution in [2.45, 2.75) is 11.6 Å². The molecule has 98 valence electrons. The normalized spacial score (nSPS) is 10.9. The summed E-state index contributed by atoms with van der Waals surface area (Å²) in [5.74, 6) is -1.59. The molecule has 9 heteroatoms. The van der Waals surface area contributed by atoms with E-state index in [-0.39, 0.29) is 23.7 Å². The van der Waals surface area contributed by atoms with Crippen molar-refractivity contribution in [3.05, 3.63) is 18.0 Å². The highest BCUT2D eigenvalue weighted by Gasteiger charge is 2.12. The molecule has 0 aliphatic carbocycles. The lowest BCUT2D eigenvalue weighted by atomic mass is 10.3. The third-order valence-corrected chi connectivity index (χ3v) is 2.72. The van der Waals surface area contributed by atoms with Gasteiger partial charge in [-0.2, -0.15) is 0 Å². The van der Waals surface area contributed by atoms with Crippen molar-refractivity contribution in [3.8, 4) is 0 Å². The zero-order valence-corrected chi connectivity index (χ0v) is 10.3. The monoisotopic (exact) mass is 273 g/mol. The molecule has 18 heavy (non-hydrogen) atoms. The number of rotatable bonds is 5. The standard InChI is InChI=1S/C9H11N3O5S/c1-18(16,17)9-11-4-6(5-12-9)8(15)10-3-2-7(13)14/h4-5H,2-3H2,1H3,(H,10,15)(H,13,14). The van der Waals surface area contributed by atoms with Crippen LogP contribution in [-0.2, 0) is 14.6 Å². The molecule has 0 spiro atoms. The van der Waals surface area contributed by atoms with Gasteiger partial charge in [-0.15, -0.1) is 0 Å². The van der Waals surface area contributed by atoms with Crippen molar-refractivity contribution in [1.82, 2.24) is 15.3 Å². The molecule has 1 amide bonds. The molecule has 1 aromatic heterocycles. The predicted octanol–water partition coefficient (Wildman–Crippen LogP) is -0.915. The topological polar surface area (TPSA) is 126 Å². The zero-order valence-electron chi connectivity index (χ0n) is 9.45. The number of carbonyl (C=O) groups excluding carboxylic acids is 1. The Morgan fingerprint density at radius 3 is 2.33 bits per heavy atom. The van der Waals surface area contributed by atoms with Crippen LogP contribution in [0.5, 0.6) is 0 Å². The number of aromatic nitrogens is 2. The van der Waals surface area contributed by atoms with Gasteiger partial charge in [-0.25, -0.2) is 18.4 Å². The first-order chi connectivity index (χ1) is 8.30. The minimum atomic E-state index is -3.51. The number of hydrogen-bond acceptors (Lipinski definition) is 6. The van der Waals surface area contributed by atoms with Crippen LogP contribution in [-0.4, -0.2) is 48.2 Å². The summed E-state index contributed by atoms with van der Waals surface area (Å²) in [4.78, 5) is 28.8. The first-order valence-electron chi connectivity index (χ1n) is 4.83. The molecule has 0 unspecified atom stereocenters. The van der Waals surface area contributed by atoms with Gasteiger partial charge < -0.3 is 10.4 Å². The Morgan fingerprint density at radius 2 is 1.89 bits per heavy atom. The van der Waals surface area contributed by atoms with Crippen molar-refractivity contribution < 1.29 is 23.1 Å². The van der Waals surface area contributed by atoms with Gasteiger partial charge >= 0.3 is 5.97 Å². The maximum absolute atomic E-state index is 11.5. The predicted molar refractivity (Wildman–Crippen MR) is 59.7 cm³/mol. The molecule has 0 saturated carbocycles. The van der Waals surface area contributed by atoms with E-state index < -0.39 is 21.7 Å². The van der Waals surface area contributed by atoms with Crippen LogP contribution in [0.4, 0.5) is 0 Å². The van der Waals surface area contributed by atoms with Gasteiger partial charge in [0.05, 0.1) is 12.0 Å². The van der Waals surface area contributed by atoms with E-state index in [0.29, 0.717) is 0 Å². The van der Waals surface area contributed by atoms with E-state index in [4.69, 9.17) is 5.11 Å². The molecular formula is C9H11N3O5S. The van der Waals surface area contributed by atoms with Crippen molar-refractivity contribution in [3.63, 3.8) is 0 Å². The Kier molecular flexibility index (Phi) is 4.32. The van der Waals surface area contributed by atoms with E-state index in [9.17, 15) is 18.0 Å². The average molecular weight is 273 g/mol. The Hall–Kier alpha value is -2.03. The van der Waals surface area contributed by atoms with Crippen LogP contribution >= 0.6 is 0 Å². The molecule has 0 atom stereocenters. The second kappa shape index (κ2) is 5.54. The van der Waals surface area contributed by atoms with Crippen LogP contribution in [0, 0.1) is 0 Å². The first kappa shape index (κ1) is 14.0. The van der Waals surface area contributed by atoms with Gasteiger partial charge in [-0.05, 0) is 0 Å². The van der Waals surface area contributed by atoms with Gasteiger partial charge in [-0.1, -0.05) is 0 Å². The molecular weight excluding hydrogens is 262 g/mol. The number of hydrogen-bond donors (Lipinski definition) is 2. The Labute approximate surface area is 103 Å². The average Bonchev–Trinajstić information content (AvgIpc) is 2.27. The van der Waals surface area contributed by atoms with Crippen molar-refractivity contribution >= 4 is 21.7 Å². The number of carboxylic acids is 1. The van der Waals surface area contributed by atoms with E-state index in [0.717, 1.165) is 18.6 Å². The highest BCUT2D eigenvalue weighted by atomic mass is 32.2. The number of amides is 1. The minimum absolute atomic E-state index is 0.0258. The number of nitrogens with zero attached hydrogens (tertiary/aromatic N) is 2. The summed E-state index contributed by atoms with van der Waals surface area (Å²) in [6.07, 6.45) is 2.89. The second-order valence-electron chi connectivity index (χ2n) is 3.43. The van der Waals surface area contributed by atoms with Crippen molar-refractivity contribution in [2.24, 2.45) is 0 Å². The van der Waals surface area contributed by atoms with Gasteiger partial charge in [0.2, 0.25) is 15.0 Å². The second-order valence-corrected chi connectivity index (χ2v) is 5.34. The number of sulfone groups is 1. The van der Waals surface area contributed by atoms with Crippen molar-refractivity contribution in [1.29, 1.82) is 0 Å². The summed E-state index contributed by atoms with van der Waals surface area (Å²) < 4.78 is 22.1. The quantitative estimate of drug-likeness (QED) is 0.664. The van der Waals surface area contributed by atoms with Crippen LogP contribution < -0.4 is 5.32 Å². The summed E-state index contributed by atoms with van der Waals surface area (Å²) >= 11 is 0. The van der Waals surface area contributed by atoms with Crippen LogP contribution in [0.15, 0.2) is 17.6 Å². The van der Waals surface area contributed by atoms with Gasteiger partial charge in [0.1, 0.15) is 0 Å². The fourth-order valence-electron chi connectivity index (χ4n) is 1.01. The largest absolute Gasteiger partial charge is 0.481 e. The van der Waals surface area contributed by atoms with Crippen LogP contribution in [0.1, 0.15) is 16.8 Å². The summed E-state index contributed by atoms with van der Waals surface area (Å²) in [7, 11) is -3.51. The van der Waals surface area contributed by atoms with Gasteiger partial charge in [0.25, 0.3) is 5.91 Å². The molecule has 8 nitrogen and oxygen atoms in total. The summed E-state index contributed by atoms with van der Waals surface area (Å²) in [5.41, 5.74) is 0.0628. The fraction of sp³-hybridized carbons (Fsp3) is 0.333. The number of aliphatic carboxylic acids is 1. The third-order valence-electron chi connectivity index (χ3n) is 1.85. The van der Waals surface area contributed by atoms with E-state index in [2.05, 4.69) is 15.3 Å². The maximum atomic E-state index is 11.5. The number of carboxylic acid groups (broad SMARTS) is 1. The number of nitrogens with one attached hydrogen (secondary N) is 1. The van der Waals surface area contributed by atoms with E-state index in [1.807, 2.05) is 0 Å². The Bertz CT molecular complexity index is 552. The Balaban J connectivity index is 2.68. The molecule has 1 heterocycles. The maximum Gasteiger partial charge on any atom is 0.305 e. The molecule has 0 aliphatic heterocycles. The molecule has 1 aromatic rings. The lowest BCUT2D eigenvalue weighted by Crippen LogP contribution is -2.26. The summed E-state index contributed by atoms with van der Waals surface area (Å²) in [6.45, 7) is -0.0258. The molecule has 1 rings (SSSR count). The van der Waals surface area contributed by atoms with Gasteiger partial charge in [0.15, 0.2) is 0 Å². The van der Waals surface area contributed by atoms with Crippen molar-refractivity contribution in [2.75, 3.05) is 12.8 Å². The fourth-order valence-corrected chi connectivity index (χ4v) is 1.50. The lowest BCUT2D eigenvalue weighted by molar-refractivity contribution is -0.136. The van der Waals surface area contributed by atoms with Crippen LogP contribution in [0.25, 0.3) is 0 Å². The highest BCUT2D eigenvalue weighted by Crippen LogP contribution is 2.01. The molecule has 0 saturated heterocycles. The van der Waals surface area contributed by atoms with Crippen LogP contribution in [0.3, 0.4) is 0 Å². The molecule has 0 bridgehead atoms. The molecule has 0 aliphatic rings. The SMILES string of the molecule is CS(=O)(=O)c1ncc(C(=O)NCCC(=O)O)cn1. The Morgan fingerprint density at radius 1 is 1.33 bits per heavy atom.